The van der Waals surface area contributed by atoms with Gasteiger partial charge in [-0.3, -0.25) is 19.2 Å². The van der Waals surface area contributed by atoms with Gasteiger partial charge in [-0.05, 0) is 56.3 Å². The second kappa shape index (κ2) is 13.6. The third-order valence-corrected chi connectivity index (χ3v) is 7.94. The van der Waals surface area contributed by atoms with Gasteiger partial charge in [-0.25, -0.2) is 9.59 Å². The molecule has 2 aliphatic rings. The number of carbonyl (C=O) groups is 6. The Labute approximate surface area is 256 Å². The lowest BCUT2D eigenvalue weighted by Gasteiger charge is -2.37. The maximum absolute atomic E-state index is 14.0. The molecule has 244 valence electrons. The number of esters is 1. The van der Waals surface area contributed by atoms with E-state index in [-0.39, 0.29) is 18.4 Å². The molecule has 43 heavy (non-hydrogen) atoms. The largest absolute Gasteiger partial charge is 0.458 e. The minimum atomic E-state index is -1.11. The number of urea groups is 1. The smallest absolute Gasteiger partial charge is 0.329 e. The van der Waals surface area contributed by atoms with Crippen LogP contribution in [0.5, 0.6) is 0 Å². The van der Waals surface area contributed by atoms with Crippen LogP contribution < -0.4 is 21.7 Å². The van der Waals surface area contributed by atoms with Crippen LogP contribution in [0.1, 0.15) is 101 Å². The van der Waals surface area contributed by atoms with Gasteiger partial charge in [0.1, 0.15) is 23.7 Å². The van der Waals surface area contributed by atoms with E-state index in [2.05, 4.69) is 16.0 Å². The molecule has 2 rings (SSSR count). The van der Waals surface area contributed by atoms with Crippen LogP contribution in [0.3, 0.4) is 0 Å². The van der Waals surface area contributed by atoms with Gasteiger partial charge >= 0.3 is 12.0 Å². The zero-order valence-corrected chi connectivity index (χ0v) is 27.6. The zero-order chi connectivity index (χ0) is 33.1. The second-order valence-electron chi connectivity index (χ2n) is 15.4. The fourth-order valence-electron chi connectivity index (χ4n) is 5.38. The minimum absolute atomic E-state index is 0.0245. The number of ether oxygens (including phenoxy) is 1. The van der Waals surface area contributed by atoms with E-state index in [9.17, 15) is 28.8 Å². The van der Waals surface area contributed by atoms with Gasteiger partial charge < -0.3 is 31.3 Å². The number of Topliss-reactive ketones (excluding diaryl/α,β-unsaturated/α-hetero) is 1. The van der Waals surface area contributed by atoms with Crippen molar-refractivity contribution in [1.82, 2.24) is 20.9 Å². The Morgan fingerprint density at radius 2 is 1.40 bits per heavy atom. The van der Waals surface area contributed by atoms with Crippen molar-refractivity contribution < 1.29 is 33.5 Å². The first-order chi connectivity index (χ1) is 19.5. The van der Waals surface area contributed by atoms with Gasteiger partial charge in [0.2, 0.25) is 17.6 Å². The summed E-state index contributed by atoms with van der Waals surface area (Å²) in [5.74, 6) is -3.36. The monoisotopic (exact) mass is 607 g/mol. The van der Waals surface area contributed by atoms with Crippen molar-refractivity contribution in [1.29, 1.82) is 0 Å². The average Bonchev–Trinajstić information content (AvgIpc) is 3.20. The third-order valence-electron chi connectivity index (χ3n) is 7.94. The number of primary amides is 1. The Kier molecular flexibility index (Phi) is 11.4. The van der Waals surface area contributed by atoms with Crippen molar-refractivity contribution in [3.8, 4) is 0 Å². The van der Waals surface area contributed by atoms with Crippen molar-refractivity contribution in [3.05, 3.63) is 0 Å². The summed E-state index contributed by atoms with van der Waals surface area (Å²) >= 11 is 0. The van der Waals surface area contributed by atoms with Crippen molar-refractivity contribution in [3.63, 3.8) is 0 Å². The van der Waals surface area contributed by atoms with Crippen LogP contribution in [0.4, 0.5) is 4.79 Å². The van der Waals surface area contributed by atoms with Gasteiger partial charge in [0.05, 0.1) is 6.04 Å². The molecule has 0 aromatic carbocycles. The SMILES string of the molecule is CC1CC(C(=O)NC(CC2CCC2)C(=O)C(N)=O)N(C(=O)C(NC(=O)NC(C(=O)OC(C)(C)C)C(C)(C)C)C(C)(C)C)C1. The van der Waals surface area contributed by atoms with Crippen LogP contribution in [-0.4, -0.2) is 76.7 Å². The Morgan fingerprint density at radius 3 is 1.84 bits per heavy atom. The lowest BCUT2D eigenvalue weighted by Crippen LogP contribution is -2.62. The first-order valence-corrected chi connectivity index (χ1v) is 15.3. The van der Waals surface area contributed by atoms with Gasteiger partial charge in [0.15, 0.2) is 0 Å². The summed E-state index contributed by atoms with van der Waals surface area (Å²) in [6.07, 6.45) is 3.53. The number of hydrogen-bond donors (Lipinski definition) is 4. The molecule has 5 amide bonds. The molecule has 1 heterocycles. The molecule has 0 bridgehead atoms. The highest BCUT2D eigenvalue weighted by molar-refractivity contribution is 6.37. The summed E-state index contributed by atoms with van der Waals surface area (Å²) in [6.45, 7) is 18.2. The summed E-state index contributed by atoms with van der Waals surface area (Å²) in [6, 6.07) is -4.72. The molecule has 12 nitrogen and oxygen atoms in total. The normalized spacial score (nSPS) is 21.6. The van der Waals surface area contributed by atoms with E-state index in [1.165, 1.54) is 4.90 Å². The molecule has 5 N–H and O–H groups in total. The van der Waals surface area contributed by atoms with E-state index < -0.39 is 76.1 Å². The molecule has 5 atom stereocenters. The number of rotatable bonds is 10. The maximum Gasteiger partial charge on any atom is 0.329 e. The van der Waals surface area contributed by atoms with E-state index >= 15 is 0 Å². The number of nitrogens with one attached hydrogen (secondary N) is 3. The Morgan fingerprint density at radius 1 is 0.860 bits per heavy atom. The van der Waals surface area contributed by atoms with Crippen LogP contribution in [0, 0.1) is 22.7 Å². The lowest BCUT2D eigenvalue weighted by atomic mass is 9.80. The molecule has 2 fully saturated rings. The molecule has 12 heteroatoms. The predicted molar refractivity (Wildman–Crippen MR) is 161 cm³/mol. The highest BCUT2D eigenvalue weighted by Crippen LogP contribution is 2.32. The Bertz CT molecular complexity index is 1080. The summed E-state index contributed by atoms with van der Waals surface area (Å²) in [4.78, 5) is 79.4. The third kappa shape index (κ3) is 10.2. The van der Waals surface area contributed by atoms with E-state index in [1.807, 2.05) is 6.92 Å². The summed E-state index contributed by atoms with van der Waals surface area (Å²) in [7, 11) is 0. The number of nitrogens with two attached hydrogens (primary N) is 1. The first-order valence-electron chi connectivity index (χ1n) is 15.3. The van der Waals surface area contributed by atoms with Crippen molar-refractivity contribution in [2.24, 2.45) is 28.4 Å². The van der Waals surface area contributed by atoms with Crippen molar-refractivity contribution in [2.75, 3.05) is 6.54 Å². The number of nitrogens with zero attached hydrogens (tertiary/aromatic N) is 1. The number of likely N-dealkylation sites (tertiary alicyclic amines) is 1. The van der Waals surface area contributed by atoms with Gasteiger partial charge in [0, 0.05) is 6.54 Å². The van der Waals surface area contributed by atoms with Crippen molar-refractivity contribution >= 4 is 35.5 Å². The van der Waals surface area contributed by atoms with Gasteiger partial charge in [0.25, 0.3) is 5.91 Å². The molecule has 1 saturated heterocycles. The van der Waals surface area contributed by atoms with Crippen LogP contribution in [0.25, 0.3) is 0 Å². The molecule has 0 aromatic heterocycles. The van der Waals surface area contributed by atoms with E-state index in [0.29, 0.717) is 12.8 Å². The molecule has 5 unspecified atom stereocenters. The highest BCUT2D eigenvalue weighted by Gasteiger charge is 2.45. The standard InChI is InChI=1S/C31H53N5O7/c1-17-14-20(25(39)33-19(21(37)24(32)38)15-18-12-11-13-18)36(16-17)26(40)22(29(2,3)4)34-28(42)35-23(30(5,6)7)27(41)43-31(8,9)10/h17-20,22-23H,11-16H2,1-10H3,(H2,32,38)(H,33,39)(H2,34,35,42). The molecule has 1 aliphatic heterocycles. The molecule has 0 aromatic rings. The molecular weight excluding hydrogens is 554 g/mol. The molecule has 0 spiro atoms. The van der Waals surface area contributed by atoms with Crippen LogP contribution >= 0.6 is 0 Å². The summed E-state index contributed by atoms with van der Waals surface area (Å²) in [5.41, 5.74) is 3.05. The number of ketones is 1. The summed E-state index contributed by atoms with van der Waals surface area (Å²) < 4.78 is 5.52. The molecule has 1 saturated carbocycles. The fourth-order valence-corrected chi connectivity index (χ4v) is 5.38. The fraction of sp³-hybridized carbons (Fsp3) is 0.806. The zero-order valence-electron chi connectivity index (χ0n) is 27.6. The number of hydrogen-bond acceptors (Lipinski definition) is 7. The van der Waals surface area contributed by atoms with Crippen LogP contribution in [-0.2, 0) is 28.7 Å². The van der Waals surface area contributed by atoms with E-state index in [0.717, 1.165) is 19.3 Å². The van der Waals surface area contributed by atoms with Gasteiger partial charge in [-0.1, -0.05) is 67.7 Å². The molecule has 0 radical (unpaired) electrons. The number of amides is 5. The molecule has 1 aliphatic carbocycles. The maximum atomic E-state index is 14.0. The highest BCUT2D eigenvalue weighted by atomic mass is 16.6. The average molecular weight is 608 g/mol. The lowest BCUT2D eigenvalue weighted by molar-refractivity contribution is -0.160. The topological polar surface area (TPSA) is 177 Å². The van der Waals surface area contributed by atoms with Crippen LogP contribution in [0.15, 0.2) is 0 Å². The number of carbonyl (C=O) groups excluding carboxylic acids is 6. The summed E-state index contributed by atoms with van der Waals surface area (Å²) in [5, 5.41) is 8.14. The van der Waals surface area contributed by atoms with E-state index in [1.54, 1.807) is 62.3 Å². The first kappa shape index (κ1) is 36.0. The van der Waals surface area contributed by atoms with E-state index in [4.69, 9.17) is 10.5 Å². The van der Waals surface area contributed by atoms with Crippen LogP contribution in [0.2, 0.25) is 0 Å². The van der Waals surface area contributed by atoms with Gasteiger partial charge in [-0.2, -0.15) is 0 Å². The predicted octanol–water partition coefficient (Wildman–Crippen LogP) is 2.42. The minimum Gasteiger partial charge on any atom is -0.458 e. The van der Waals surface area contributed by atoms with Gasteiger partial charge in [-0.15, -0.1) is 0 Å². The second-order valence-corrected chi connectivity index (χ2v) is 15.4. The quantitative estimate of drug-likeness (QED) is 0.218. The Hall–Kier alpha value is -3.18. The molecular formula is C31H53N5O7. The Balaban J connectivity index is 2.25. The van der Waals surface area contributed by atoms with Crippen molar-refractivity contribution in [2.45, 2.75) is 131 Å².